The van der Waals surface area contributed by atoms with Gasteiger partial charge in [-0.2, -0.15) is 0 Å². The molecule has 29 heavy (non-hydrogen) atoms. The Hall–Kier alpha value is -1.99. The number of nitrogens with zero attached hydrogens (tertiary/aromatic N) is 1. The highest BCUT2D eigenvalue weighted by molar-refractivity contribution is 5.79. The van der Waals surface area contributed by atoms with Gasteiger partial charge < -0.3 is 25.8 Å². The zero-order valence-corrected chi connectivity index (χ0v) is 17.8. The van der Waals surface area contributed by atoms with Crippen LogP contribution in [0.15, 0.2) is 18.2 Å². The first-order valence-corrected chi connectivity index (χ1v) is 10.9. The van der Waals surface area contributed by atoms with E-state index in [4.69, 9.17) is 15.2 Å². The molecule has 1 aromatic carbocycles. The van der Waals surface area contributed by atoms with Gasteiger partial charge in [-0.05, 0) is 51.7 Å². The van der Waals surface area contributed by atoms with Crippen LogP contribution in [-0.2, 0) is 9.53 Å². The lowest BCUT2D eigenvalue weighted by molar-refractivity contribution is -0.126. The molecule has 4 N–H and O–H groups in total. The van der Waals surface area contributed by atoms with Crippen molar-refractivity contribution in [3.63, 3.8) is 0 Å². The minimum absolute atomic E-state index is 0.127. The van der Waals surface area contributed by atoms with Crippen LogP contribution in [0.1, 0.15) is 39.5 Å². The normalized spacial score (nSPS) is 23.0. The van der Waals surface area contributed by atoms with Crippen molar-refractivity contribution in [3.05, 3.63) is 18.2 Å². The maximum absolute atomic E-state index is 12.2. The largest absolute Gasteiger partial charge is 0.492 e. The van der Waals surface area contributed by atoms with Gasteiger partial charge in [0.05, 0.1) is 24.6 Å². The average molecular weight is 405 g/mol. The van der Waals surface area contributed by atoms with Crippen LogP contribution in [-0.4, -0.2) is 62.3 Å². The molecular formula is C22H36N4O3. The van der Waals surface area contributed by atoms with Crippen LogP contribution < -0.4 is 21.1 Å². The summed E-state index contributed by atoms with van der Waals surface area (Å²) in [7, 11) is 0. The molecular weight excluding hydrogens is 368 g/mol. The molecule has 1 heterocycles. The van der Waals surface area contributed by atoms with Gasteiger partial charge in [0.2, 0.25) is 5.91 Å². The minimum atomic E-state index is 0.127. The second-order valence-electron chi connectivity index (χ2n) is 8.41. The van der Waals surface area contributed by atoms with Crippen molar-refractivity contribution < 1.29 is 14.3 Å². The van der Waals surface area contributed by atoms with E-state index >= 15 is 0 Å². The number of ether oxygens (including phenoxy) is 2. The highest BCUT2D eigenvalue weighted by Gasteiger charge is 2.26. The molecule has 0 bridgehead atoms. The Morgan fingerprint density at radius 1 is 1.24 bits per heavy atom. The number of anilines is 2. The molecule has 1 aliphatic carbocycles. The van der Waals surface area contributed by atoms with Gasteiger partial charge in [-0.15, -0.1) is 0 Å². The summed E-state index contributed by atoms with van der Waals surface area (Å²) >= 11 is 0. The predicted octanol–water partition coefficient (Wildman–Crippen LogP) is 2.48. The standard InChI is InChI=1S/C22H36N4O3/c1-16(2)24-22(27)17-3-5-18(6-4-17)25-21-15-19(7-8-20(21)23)29-14-11-26-9-12-28-13-10-26/h7-8,15-18,25H,3-6,9-14,23H2,1-2H3,(H,24,27). The third kappa shape index (κ3) is 6.78. The lowest BCUT2D eigenvalue weighted by atomic mass is 9.85. The summed E-state index contributed by atoms with van der Waals surface area (Å²) in [5, 5.41) is 6.60. The molecule has 0 aromatic heterocycles. The third-order valence-electron chi connectivity index (χ3n) is 5.69. The molecule has 7 nitrogen and oxygen atoms in total. The Morgan fingerprint density at radius 3 is 2.66 bits per heavy atom. The molecule has 0 spiro atoms. The lowest BCUT2D eigenvalue weighted by Gasteiger charge is -2.30. The van der Waals surface area contributed by atoms with Crippen molar-refractivity contribution in [2.24, 2.45) is 5.92 Å². The van der Waals surface area contributed by atoms with Gasteiger partial charge in [0, 0.05) is 43.7 Å². The van der Waals surface area contributed by atoms with Gasteiger partial charge in [0.15, 0.2) is 0 Å². The van der Waals surface area contributed by atoms with Gasteiger partial charge in [-0.3, -0.25) is 9.69 Å². The van der Waals surface area contributed by atoms with E-state index in [1.165, 1.54) is 0 Å². The van der Waals surface area contributed by atoms with Crippen molar-refractivity contribution in [1.82, 2.24) is 10.2 Å². The van der Waals surface area contributed by atoms with Crippen LogP contribution >= 0.6 is 0 Å². The smallest absolute Gasteiger partial charge is 0.223 e. The fraction of sp³-hybridized carbons (Fsp3) is 0.682. The molecule has 162 valence electrons. The van der Waals surface area contributed by atoms with Crippen molar-refractivity contribution >= 4 is 17.3 Å². The van der Waals surface area contributed by atoms with E-state index in [0.717, 1.165) is 75.7 Å². The Morgan fingerprint density at radius 2 is 1.97 bits per heavy atom. The molecule has 0 radical (unpaired) electrons. The molecule has 7 heteroatoms. The van der Waals surface area contributed by atoms with Crippen LogP contribution in [0.3, 0.4) is 0 Å². The maximum Gasteiger partial charge on any atom is 0.223 e. The summed E-state index contributed by atoms with van der Waals surface area (Å²) < 4.78 is 11.3. The number of amides is 1. The Kier molecular flexibility index (Phi) is 8.00. The number of carbonyl (C=O) groups excluding carboxylic acids is 1. The van der Waals surface area contributed by atoms with E-state index in [1.54, 1.807) is 0 Å². The van der Waals surface area contributed by atoms with Crippen molar-refractivity contribution in [2.75, 3.05) is 50.5 Å². The Balaban J connectivity index is 1.45. The number of nitrogens with two attached hydrogens (primary N) is 1. The number of benzene rings is 1. The van der Waals surface area contributed by atoms with E-state index in [2.05, 4.69) is 15.5 Å². The Labute approximate surface area is 174 Å². The van der Waals surface area contributed by atoms with Gasteiger partial charge >= 0.3 is 0 Å². The van der Waals surface area contributed by atoms with Crippen molar-refractivity contribution in [3.8, 4) is 5.75 Å². The second kappa shape index (κ2) is 10.7. The molecule has 2 aliphatic rings. The van der Waals surface area contributed by atoms with Crippen LogP contribution in [0.2, 0.25) is 0 Å². The molecule has 1 amide bonds. The minimum Gasteiger partial charge on any atom is -0.492 e. The molecule has 1 saturated carbocycles. The molecule has 1 aliphatic heterocycles. The number of nitrogen functional groups attached to an aromatic ring is 1. The van der Waals surface area contributed by atoms with Crippen molar-refractivity contribution in [2.45, 2.75) is 51.6 Å². The number of carbonyl (C=O) groups is 1. The number of nitrogens with one attached hydrogen (secondary N) is 2. The molecule has 3 rings (SSSR count). The van der Waals surface area contributed by atoms with Crippen LogP contribution in [0.5, 0.6) is 5.75 Å². The summed E-state index contributed by atoms with van der Waals surface area (Å²) in [6.07, 6.45) is 3.76. The fourth-order valence-electron chi connectivity index (χ4n) is 3.99. The quantitative estimate of drug-likeness (QED) is 0.577. The van der Waals surface area contributed by atoms with Gasteiger partial charge in [-0.1, -0.05) is 0 Å². The van der Waals surface area contributed by atoms with E-state index in [1.807, 2.05) is 32.0 Å². The predicted molar refractivity (Wildman–Crippen MR) is 116 cm³/mol. The zero-order chi connectivity index (χ0) is 20.6. The first-order chi connectivity index (χ1) is 14.0. The maximum atomic E-state index is 12.2. The number of hydrogen-bond acceptors (Lipinski definition) is 6. The third-order valence-corrected chi connectivity index (χ3v) is 5.69. The topological polar surface area (TPSA) is 88.8 Å². The second-order valence-corrected chi connectivity index (χ2v) is 8.41. The SMILES string of the molecule is CC(C)NC(=O)C1CCC(Nc2cc(OCCN3CCOCC3)ccc2N)CC1. The molecule has 1 aromatic rings. The number of hydrogen-bond donors (Lipinski definition) is 3. The highest BCUT2D eigenvalue weighted by atomic mass is 16.5. The summed E-state index contributed by atoms with van der Waals surface area (Å²) in [5.41, 5.74) is 7.83. The number of morpholine rings is 1. The number of rotatable bonds is 8. The first kappa shape index (κ1) is 21.7. The van der Waals surface area contributed by atoms with E-state index in [-0.39, 0.29) is 17.9 Å². The monoisotopic (exact) mass is 404 g/mol. The van der Waals surface area contributed by atoms with Gasteiger partial charge in [0.1, 0.15) is 12.4 Å². The van der Waals surface area contributed by atoms with Crippen LogP contribution in [0.25, 0.3) is 0 Å². The van der Waals surface area contributed by atoms with Crippen molar-refractivity contribution in [1.29, 1.82) is 0 Å². The Bertz CT molecular complexity index is 653. The first-order valence-electron chi connectivity index (χ1n) is 10.9. The van der Waals surface area contributed by atoms with E-state index < -0.39 is 0 Å². The summed E-state index contributed by atoms with van der Waals surface area (Å²) in [6.45, 7) is 9.10. The highest BCUT2D eigenvalue weighted by Crippen LogP contribution is 2.30. The summed E-state index contributed by atoms with van der Waals surface area (Å²) in [4.78, 5) is 14.6. The summed E-state index contributed by atoms with van der Waals surface area (Å²) in [5.74, 6) is 1.15. The lowest BCUT2D eigenvalue weighted by Crippen LogP contribution is -2.39. The van der Waals surface area contributed by atoms with E-state index in [9.17, 15) is 4.79 Å². The average Bonchev–Trinajstić information content (AvgIpc) is 2.71. The molecule has 0 unspecified atom stereocenters. The van der Waals surface area contributed by atoms with Gasteiger partial charge in [0.25, 0.3) is 0 Å². The molecule has 0 atom stereocenters. The molecule has 1 saturated heterocycles. The van der Waals surface area contributed by atoms with Crippen LogP contribution in [0.4, 0.5) is 11.4 Å². The van der Waals surface area contributed by atoms with E-state index in [0.29, 0.717) is 12.6 Å². The summed E-state index contributed by atoms with van der Waals surface area (Å²) in [6, 6.07) is 6.35. The zero-order valence-electron chi connectivity index (χ0n) is 17.8. The fourth-order valence-corrected chi connectivity index (χ4v) is 3.99. The molecule has 2 fully saturated rings. The van der Waals surface area contributed by atoms with Crippen LogP contribution in [0, 0.1) is 5.92 Å². The van der Waals surface area contributed by atoms with Gasteiger partial charge in [-0.25, -0.2) is 0 Å².